The molecular weight excluding hydrogens is 220 g/mol. The van der Waals surface area contributed by atoms with Crippen molar-refractivity contribution in [2.24, 2.45) is 0 Å². The predicted octanol–water partition coefficient (Wildman–Crippen LogP) is 3.24. The Hall–Kier alpha value is -0.960. The van der Waals surface area contributed by atoms with Crippen LogP contribution in [0.2, 0.25) is 0 Å². The molecule has 0 heterocycles. The lowest BCUT2D eigenvalue weighted by Crippen LogP contribution is -1.89. The highest BCUT2D eigenvalue weighted by Gasteiger charge is 2.01. The van der Waals surface area contributed by atoms with E-state index in [-0.39, 0.29) is 5.75 Å². The topological polar surface area (TPSA) is 37.3 Å². The summed E-state index contributed by atoms with van der Waals surface area (Å²) >= 11 is 4.16. The largest absolute Gasteiger partial charge is 0.507 e. The van der Waals surface area contributed by atoms with Crippen LogP contribution in [0.15, 0.2) is 18.2 Å². The van der Waals surface area contributed by atoms with Crippen LogP contribution in [0.25, 0.3) is 0 Å². The van der Waals surface area contributed by atoms with Crippen molar-refractivity contribution in [1.29, 1.82) is 0 Å². The number of carbonyl (C=O) groups is 1. The van der Waals surface area contributed by atoms with Gasteiger partial charge in [-0.25, -0.2) is 0 Å². The number of phenols is 1. The minimum absolute atomic E-state index is 0.0637. The van der Waals surface area contributed by atoms with Gasteiger partial charge in [0.15, 0.2) is 6.29 Å². The number of aldehydes is 1. The van der Waals surface area contributed by atoms with E-state index < -0.39 is 0 Å². The first-order chi connectivity index (χ1) is 7.77. The predicted molar refractivity (Wildman–Crippen MR) is 69.5 cm³/mol. The van der Waals surface area contributed by atoms with Crippen molar-refractivity contribution in [2.45, 2.75) is 32.1 Å². The lowest BCUT2D eigenvalue weighted by molar-refractivity contribution is 0.112. The fraction of sp³-hybridized carbons (Fsp3) is 0.462. The van der Waals surface area contributed by atoms with Crippen molar-refractivity contribution < 1.29 is 9.90 Å². The second-order valence-corrected chi connectivity index (χ2v) is 4.35. The third-order valence-electron chi connectivity index (χ3n) is 2.59. The van der Waals surface area contributed by atoms with Crippen molar-refractivity contribution in [3.63, 3.8) is 0 Å². The van der Waals surface area contributed by atoms with Crippen molar-refractivity contribution in [1.82, 2.24) is 0 Å². The van der Waals surface area contributed by atoms with Gasteiger partial charge < -0.3 is 5.11 Å². The summed E-state index contributed by atoms with van der Waals surface area (Å²) in [6.07, 6.45) is 6.35. The Morgan fingerprint density at radius 2 is 1.94 bits per heavy atom. The molecule has 0 saturated heterocycles. The first-order valence-electron chi connectivity index (χ1n) is 5.66. The quantitative estimate of drug-likeness (QED) is 0.435. The zero-order valence-electron chi connectivity index (χ0n) is 9.35. The minimum Gasteiger partial charge on any atom is -0.507 e. The number of rotatable bonds is 7. The average Bonchev–Trinajstić information content (AvgIpc) is 2.31. The summed E-state index contributed by atoms with van der Waals surface area (Å²) in [7, 11) is 0. The molecule has 1 N–H and O–H groups in total. The summed E-state index contributed by atoms with van der Waals surface area (Å²) in [6.45, 7) is 0. The number of hydrogen-bond donors (Lipinski definition) is 2. The van der Waals surface area contributed by atoms with E-state index in [0.29, 0.717) is 11.8 Å². The Balaban J connectivity index is 2.39. The maximum absolute atomic E-state index is 10.6. The highest BCUT2D eigenvalue weighted by molar-refractivity contribution is 7.80. The summed E-state index contributed by atoms with van der Waals surface area (Å²) in [4.78, 5) is 10.6. The summed E-state index contributed by atoms with van der Waals surface area (Å²) in [6, 6.07) is 5.23. The third-order valence-corrected chi connectivity index (χ3v) is 2.91. The van der Waals surface area contributed by atoms with Gasteiger partial charge in [0.2, 0.25) is 0 Å². The third kappa shape index (κ3) is 4.27. The molecule has 0 fully saturated rings. The van der Waals surface area contributed by atoms with Crippen LogP contribution in [-0.2, 0) is 6.42 Å². The van der Waals surface area contributed by atoms with Gasteiger partial charge in [-0.15, -0.1) is 0 Å². The molecule has 0 aromatic heterocycles. The molecule has 0 aliphatic carbocycles. The molecule has 0 radical (unpaired) electrons. The van der Waals surface area contributed by atoms with Crippen LogP contribution in [-0.4, -0.2) is 17.1 Å². The zero-order valence-corrected chi connectivity index (χ0v) is 10.2. The molecule has 0 amide bonds. The van der Waals surface area contributed by atoms with Crippen LogP contribution in [0.3, 0.4) is 0 Å². The molecular formula is C13H18O2S. The summed E-state index contributed by atoms with van der Waals surface area (Å²) in [5.41, 5.74) is 1.50. The van der Waals surface area contributed by atoms with Gasteiger partial charge in [0, 0.05) is 0 Å². The highest BCUT2D eigenvalue weighted by Crippen LogP contribution is 2.18. The molecule has 0 saturated carbocycles. The fourth-order valence-electron chi connectivity index (χ4n) is 1.65. The first-order valence-corrected chi connectivity index (χ1v) is 6.29. The molecule has 2 nitrogen and oxygen atoms in total. The summed E-state index contributed by atoms with van der Waals surface area (Å²) in [5, 5.41) is 9.34. The molecule has 0 spiro atoms. The van der Waals surface area contributed by atoms with Gasteiger partial charge >= 0.3 is 0 Å². The number of aromatic hydroxyl groups is 1. The zero-order chi connectivity index (χ0) is 11.8. The Bertz CT molecular complexity index is 337. The number of hydrogen-bond acceptors (Lipinski definition) is 3. The Labute approximate surface area is 102 Å². The van der Waals surface area contributed by atoms with Crippen LogP contribution >= 0.6 is 12.6 Å². The molecule has 1 aromatic rings. The van der Waals surface area contributed by atoms with Crippen LogP contribution < -0.4 is 0 Å². The van der Waals surface area contributed by atoms with Gasteiger partial charge in [0.25, 0.3) is 0 Å². The standard InChI is InChI=1S/C13H18O2S/c14-10-12-9-11(6-7-13(12)15)5-3-1-2-4-8-16/h6-7,9-10,15-16H,1-5,8H2. The molecule has 3 heteroatoms. The number of thiol groups is 1. The monoisotopic (exact) mass is 238 g/mol. The Morgan fingerprint density at radius 3 is 2.62 bits per heavy atom. The van der Waals surface area contributed by atoms with Crippen molar-refractivity contribution >= 4 is 18.9 Å². The van der Waals surface area contributed by atoms with Crippen molar-refractivity contribution in [3.05, 3.63) is 29.3 Å². The van der Waals surface area contributed by atoms with Crippen LogP contribution in [0, 0.1) is 0 Å². The smallest absolute Gasteiger partial charge is 0.153 e. The second-order valence-electron chi connectivity index (χ2n) is 3.90. The van der Waals surface area contributed by atoms with E-state index in [0.717, 1.165) is 30.6 Å². The fourth-order valence-corrected chi connectivity index (χ4v) is 1.87. The normalized spacial score (nSPS) is 10.3. The molecule has 16 heavy (non-hydrogen) atoms. The van der Waals surface area contributed by atoms with E-state index >= 15 is 0 Å². The number of carbonyl (C=O) groups excluding carboxylic acids is 1. The van der Waals surface area contributed by atoms with Gasteiger partial charge in [-0.3, -0.25) is 4.79 Å². The Kier molecular flexibility index (Phi) is 6.01. The number of phenolic OH excluding ortho intramolecular Hbond substituents is 1. The Morgan fingerprint density at radius 1 is 1.19 bits per heavy atom. The van der Waals surface area contributed by atoms with E-state index in [2.05, 4.69) is 12.6 Å². The van der Waals surface area contributed by atoms with E-state index in [1.54, 1.807) is 12.1 Å². The minimum atomic E-state index is 0.0637. The molecule has 0 aliphatic rings. The summed E-state index contributed by atoms with van der Waals surface area (Å²) < 4.78 is 0. The molecule has 0 bridgehead atoms. The van der Waals surface area contributed by atoms with Gasteiger partial charge in [-0.2, -0.15) is 12.6 Å². The highest BCUT2D eigenvalue weighted by atomic mass is 32.1. The lowest BCUT2D eigenvalue weighted by atomic mass is 10.0. The number of unbranched alkanes of at least 4 members (excludes halogenated alkanes) is 3. The second kappa shape index (κ2) is 7.34. The molecule has 88 valence electrons. The van der Waals surface area contributed by atoms with Crippen LogP contribution in [0.4, 0.5) is 0 Å². The lowest BCUT2D eigenvalue weighted by Gasteiger charge is -2.03. The molecule has 1 aromatic carbocycles. The van der Waals surface area contributed by atoms with E-state index in [1.165, 1.54) is 12.8 Å². The van der Waals surface area contributed by atoms with E-state index in [9.17, 15) is 9.90 Å². The molecule has 1 rings (SSSR count). The van der Waals surface area contributed by atoms with E-state index in [1.807, 2.05) is 6.07 Å². The van der Waals surface area contributed by atoms with Gasteiger partial charge in [-0.05, 0) is 42.7 Å². The molecule has 0 atom stereocenters. The molecule has 0 unspecified atom stereocenters. The number of aryl methyl sites for hydroxylation is 1. The maximum Gasteiger partial charge on any atom is 0.153 e. The SMILES string of the molecule is O=Cc1cc(CCCCCCS)ccc1O. The number of benzene rings is 1. The van der Waals surface area contributed by atoms with Gasteiger partial charge in [0.05, 0.1) is 5.56 Å². The molecule has 0 aliphatic heterocycles. The van der Waals surface area contributed by atoms with E-state index in [4.69, 9.17) is 0 Å². The average molecular weight is 238 g/mol. The first kappa shape index (κ1) is 13.1. The van der Waals surface area contributed by atoms with Crippen LogP contribution in [0.1, 0.15) is 41.6 Å². The van der Waals surface area contributed by atoms with Gasteiger partial charge in [0.1, 0.15) is 5.75 Å². The van der Waals surface area contributed by atoms with Crippen LogP contribution in [0.5, 0.6) is 5.75 Å². The van der Waals surface area contributed by atoms with Gasteiger partial charge in [-0.1, -0.05) is 18.9 Å². The summed E-state index contributed by atoms with van der Waals surface area (Å²) in [5.74, 6) is 1.02. The van der Waals surface area contributed by atoms with Crippen molar-refractivity contribution in [2.75, 3.05) is 5.75 Å². The maximum atomic E-state index is 10.6. The van der Waals surface area contributed by atoms with Crippen molar-refractivity contribution in [3.8, 4) is 5.75 Å².